The first-order valence-electron chi connectivity index (χ1n) is 7.10. The molecule has 0 aliphatic carbocycles. The molecule has 0 atom stereocenters. The first-order chi connectivity index (χ1) is 11.8. The van der Waals surface area contributed by atoms with Gasteiger partial charge in [-0.25, -0.2) is 4.98 Å². The molecule has 2 heterocycles. The number of benzene rings is 1. The van der Waals surface area contributed by atoms with Gasteiger partial charge in [-0.1, -0.05) is 23.7 Å². The Balaban J connectivity index is 1.65. The molecule has 0 saturated heterocycles. The van der Waals surface area contributed by atoms with Gasteiger partial charge in [0.1, 0.15) is 5.03 Å². The fourth-order valence-electron chi connectivity index (χ4n) is 2.36. The van der Waals surface area contributed by atoms with Crippen LogP contribution in [-0.2, 0) is 6.18 Å². The summed E-state index contributed by atoms with van der Waals surface area (Å²) in [5.41, 5.74) is -0.228. The summed E-state index contributed by atoms with van der Waals surface area (Å²) in [6, 6.07) is 7.31. The molecule has 4 nitrogen and oxygen atoms in total. The summed E-state index contributed by atoms with van der Waals surface area (Å²) < 4.78 is 37.8. The number of hydrogen-bond acceptors (Lipinski definition) is 4. The van der Waals surface area contributed by atoms with Gasteiger partial charge in [-0.15, -0.1) is 11.8 Å². The summed E-state index contributed by atoms with van der Waals surface area (Å²) in [6.07, 6.45) is -3.81. The van der Waals surface area contributed by atoms with Gasteiger partial charge in [-0.3, -0.25) is 14.5 Å². The van der Waals surface area contributed by atoms with Crippen LogP contribution in [0.25, 0.3) is 0 Å². The number of pyridine rings is 1. The minimum atomic E-state index is -4.51. The van der Waals surface area contributed by atoms with Gasteiger partial charge < -0.3 is 0 Å². The number of nitrogens with zero attached hydrogens (tertiary/aromatic N) is 2. The molecule has 1 aliphatic heterocycles. The molecule has 0 N–H and O–H groups in total. The molecule has 3 rings (SSSR count). The molecule has 0 radical (unpaired) electrons. The summed E-state index contributed by atoms with van der Waals surface area (Å²) in [5.74, 6) is -0.496. The third-order valence-electron chi connectivity index (χ3n) is 3.57. The van der Waals surface area contributed by atoms with Gasteiger partial charge in [0, 0.05) is 18.5 Å². The quantitative estimate of drug-likeness (QED) is 0.585. The first-order valence-corrected chi connectivity index (χ1v) is 8.46. The normalized spacial score (nSPS) is 14.2. The molecule has 1 aromatic carbocycles. The number of carbonyl (C=O) groups excluding carboxylic acids is 2. The highest BCUT2D eigenvalue weighted by molar-refractivity contribution is 7.99. The van der Waals surface area contributed by atoms with Crippen LogP contribution in [0.3, 0.4) is 0 Å². The maximum atomic E-state index is 12.6. The van der Waals surface area contributed by atoms with Crippen LogP contribution in [0.5, 0.6) is 0 Å². The Bertz CT molecular complexity index is 823. The number of carbonyl (C=O) groups is 2. The van der Waals surface area contributed by atoms with Crippen molar-refractivity contribution in [1.29, 1.82) is 0 Å². The number of alkyl halides is 3. The number of hydrogen-bond donors (Lipinski definition) is 0. The standard InChI is InChI=1S/C16H10ClF3N2O2S/c17-12-7-9(16(18,19)20)8-21-13(12)25-6-5-22-14(23)10-3-1-2-4-11(10)15(22)24/h1-4,7-8H,5-6H2. The van der Waals surface area contributed by atoms with Crippen LogP contribution in [0, 0.1) is 0 Å². The second-order valence-electron chi connectivity index (χ2n) is 5.16. The van der Waals surface area contributed by atoms with Crippen molar-refractivity contribution in [2.75, 3.05) is 12.3 Å². The number of aromatic nitrogens is 1. The van der Waals surface area contributed by atoms with Crippen LogP contribution >= 0.6 is 23.4 Å². The highest BCUT2D eigenvalue weighted by Crippen LogP contribution is 2.34. The van der Waals surface area contributed by atoms with Gasteiger partial charge in [0.2, 0.25) is 0 Å². The van der Waals surface area contributed by atoms with Crippen LogP contribution in [0.1, 0.15) is 26.3 Å². The van der Waals surface area contributed by atoms with E-state index in [1.54, 1.807) is 24.3 Å². The Kier molecular flexibility index (Phi) is 4.75. The van der Waals surface area contributed by atoms with Gasteiger partial charge in [0.25, 0.3) is 11.8 Å². The van der Waals surface area contributed by atoms with E-state index >= 15 is 0 Å². The van der Waals surface area contributed by atoms with Crippen LogP contribution in [0.4, 0.5) is 13.2 Å². The molecule has 25 heavy (non-hydrogen) atoms. The van der Waals surface area contributed by atoms with E-state index in [2.05, 4.69) is 4.98 Å². The van der Waals surface area contributed by atoms with E-state index in [1.165, 1.54) is 0 Å². The van der Waals surface area contributed by atoms with E-state index in [1.807, 2.05) is 0 Å². The Morgan fingerprint density at radius 3 is 2.24 bits per heavy atom. The van der Waals surface area contributed by atoms with Crippen molar-refractivity contribution in [2.45, 2.75) is 11.2 Å². The topological polar surface area (TPSA) is 50.3 Å². The highest BCUT2D eigenvalue weighted by Gasteiger charge is 2.35. The molecule has 1 aliphatic rings. The third-order valence-corrected chi connectivity index (χ3v) is 4.95. The molecule has 0 unspecified atom stereocenters. The van der Waals surface area contributed by atoms with Crippen LogP contribution in [0.15, 0.2) is 41.6 Å². The molecule has 9 heteroatoms. The van der Waals surface area contributed by atoms with E-state index in [4.69, 9.17) is 11.6 Å². The summed E-state index contributed by atoms with van der Waals surface area (Å²) >= 11 is 6.91. The molecule has 2 aromatic rings. The number of imide groups is 1. The molecule has 130 valence electrons. The predicted octanol–water partition coefficient (Wildman–Crippen LogP) is 4.14. The second-order valence-corrected chi connectivity index (χ2v) is 6.66. The molecular formula is C16H10ClF3N2O2S. The average Bonchev–Trinajstić information content (AvgIpc) is 2.80. The van der Waals surface area contributed by atoms with Gasteiger partial charge in [-0.05, 0) is 18.2 Å². The Hall–Kier alpha value is -2.06. The molecule has 0 fully saturated rings. The van der Waals surface area contributed by atoms with E-state index in [0.29, 0.717) is 17.3 Å². The molecular weight excluding hydrogens is 377 g/mol. The summed E-state index contributed by atoms with van der Waals surface area (Å²) in [5, 5.41) is 0.0912. The van der Waals surface area contributed by atoms with Crippen molar-refractivity contribution >= 4 is 35.2 Å². The number of amides is 2. The number of fused-ring (bicyclic) bond motifs is 1. The smallest absolute Gasteiger partial charge is 0.273 e. The second kappa shape index (κ2) is 6.68. The molecule has 0 spiro atoms. The van der Waals surface area contributed by atoms with Gasteiger partial charge in [-0.2, -0.15) is 13.2 Å². The Morgan fingerprint density at radius 2 is 1.72 bits per heavy atom. The lowest BCUT2D eigenvalue weighted by Crippen LogP contribution is -2.31. The fourth-order valence-corrected chi connectivity index (χ4v) is 3.48. The van der Waals surface area contributed by atoms with Crippen LogP contribution in [0.2, 0.25) is 5.02 Å². The fraction of sp³-hybridized carbons (Fsp3) is 0.188. The number of halogens is 4. The SMILES string of the molecule is O=C1c2ccccc2C(=O)N1CCSc1ncc(C(F)(F)F)cc1Cl. The Labute approximate surface area is 150 Å². The largest absolute Gasteiger partial charge is 0.417 e. The minimum absolute atomic E-state index is 0.107. The summed E-state index contributed by atoms with van der Waals surface area (Å²) in [4.78, 5) is 29.2. The zero-order valence-electron chi connectivity index (χ0n) is 12.5. The maximum Gasteiger partial charge on any atom is 0.417 e. The molecule has 1 aromatic heterocycles. The zero-order valence-corrected chi connectivity index (χ0v) is 14.1. The predicted molar refractivity (Wildman–Crippen MR) is 86.8 cm³/mol. The average molecular weight is 387 g/mol. The Morgan fingerprint density at radius 1 is 1.12 bits per heavy atom. The van der Waals surface area contributed by atoms with Crippen LogP contribution < -0.4 is 0 Å². The zero-order chi connectivity index (χ0) is 18.2. The maximum absolute atomic E-state index is 12.6. The molecule has 0 bridgehead atoms. The van der Waals surface area contributed by atoms with Crippen LogP contribution in [-0.4, -0.2) is 34.0 Å². The van der Waals surface area contributed by atoms with Crippen molar-refractivity contribution in [1.82, 2.24) is 9.88 Å². The van der Waals surface area contributed by atoms with Crippen molar-refractivity contribution in [2.24, 2.45) is 0 Å². The molecule has 2 amide bonds. The first kappa shape index (κ1) is 17.8. The van der Waals surface area contributed by atoms with E-state index in [0.717, 1.165) is 22.7 Å². The van der Waals surface area contributed by atoms with Crippen molar-refractivity contribution in [3.8, 4) is 0 Å². The number of thioether (sulfide) groups is 1. The van der Waals surface area contributed by atoms with E-state index in [9.17, 15) is 22.8 Å². The van der Waals surface area contributed by atoms with Crippen molar-refractivity contribution < 1.29 is 22.8 Å². The van der Waals surface area contributed by atoms with Crippen molar-refractivity contribution in [3.05, 3.63) is 58.2 Å². The third kappa shape index (κ3) is 3.50. The summed E-state index contributed by atoms with van der Waals surface area (Å²) in [7, 11) is 0. The van der Waals surface area contributed by atoms with E-state index in [-0.39, 0.29) is 34.2 Å². The lowest BCUT2D eigenvalue weighted by molar-refractivity contribution is -0.137. The van der Waals surface area contributed by atoms with Gasteiger partial charge in [0.15, 0.2) is 0 Å². The van der Waals surface area contributed by atoms with Gasteiger partial charge >= 0.3 is 6.18 Å². The van der Waals surface area contributed by atoms with E-state index < -0.39 is 11.7 Å². The van der Waals surface area contributed by atoms with Crippen molar-refractivity contribution in [3.63, 3.8) is 0 Å². The molecule has 0 saturated carbocycles. The summed E-state index contributed by atoms with van der Waals surface area (Å²) in [6.45, 7) is 0.107. The minimum Gasteiger partial charge on any atom is -0.273 e. The highest BCUT2D eigenvalue weighted by atomic mass is 35.5. The monoisotopic (exact) mass is 386 g/mol. The number of rotatable bonds is 4. The lowest BCUT2D eigenvalue weighted by atomic mass is 10.1. The lowest BCUT2D eigenvalue weighted by Gasteiger charge is -2.13. The van der Waals surface area contributed by atoms with Gasteiger partial charge in [0.05, 0.1) is 21.7 Å².